The largest absolute Gasteiger partial charge is 0.468 e. The van der Waals surface area contributed by atoms with Crippen molar-refractivity contribution in [1.82, 2.24) is 5.32 Å². The Labute approximate surface area is 154 Å². The lowest BCUT2D eigenvalue weighted by atomic mass is 9.89. The lowest BCUT2D eigenvalue weighted by molar-refractivity contribution is -0.125. The minimum Gasteiger partial charge on any atom is -0.468 e. The number of benzene rings is 1. The molecule has 2 aromatic rings. The van der Waals surface area contributed by atoms with Gasteiger partial charge in [-0.2, -0.15) is 0 Å². The number of hydrogen-bond donors (Lipinski definition) is 1. The molecule has 0 spiro atoms. The lowest BCUT2D eigenvalue weighted by Gasteiger charge is -2.22. The second-order valence-corrected chi connectivity index (χ2v) is 9.07. The van der Waals surface area contributed by atoms with Gasteiger partial charge in [0.1, 0.15) is 11.0 Å². The predicted molar refractivity (Wildman–Crippen MR) is 99.4 cm³/mol. The summed E-state index contributed by atoms with van der Waals surface area (Å²) in [5, 5.41) is 1.91. The summed E-state index contributed by atoms with van der Waals surface area (Å²) in [6, 6.07) is 10.0. The normalized spacial score (nSPS) is 17.0. The smallest absolute Gasteiger partial charge is 0.223 e. The van der Waals surface area contributed by atoms with E-state index in [9.17, 15) is 13.2 Å². The first-order chi connectivity index (χ1) is 12.5. The van der Waals surface area contributed by atoms with E-state index in [4.69, 9.17) is 4.42 Å². The molecule has 1 aliphatic rings. The average Bonchev–Trinajstić information content (AvgIpc) is 3.17. The molecule has 1 aromatic heterocycles. The van der Waals surface area contributed by atoms with E-state index in [2.05, 4.69) is 5.32 Å². The van der Waals surface area contributed by atoms with Gasteiger partial charge in [-0.05, 0) is 44.0 Å². The first kappa shape index (κ1) is 18.7. The van der Waals surface area contributed by atoms with E-state index in [-0.39, 0.29) is 23.3 Å². The van der Waals surface area contributed by atoms with Gasteiger partial charge in [0.2, 0.25) is 5.91 Å². The Hall–Kier alpha value is -2.08. The number of rotatable bonds is 6. The SMILES string of the molecule is Cc1ccc(S(=O)(=O)[C@H](CNC(=O)C2CCCCC2)c2ccco2)cc1. The number of carbonyl (C=O) groups excluding carboxylic acids is 1. The van der Waals surface area contributed by atoms with Crippen molar-refractivity contribution < 1.29 is 17.6 Å². The number of amides is 1. The van der Waals surface area contributed by atoms with E-state index >= 15 is 0 Å². The summed E-state index contributed by atoms with van der Waals surface area (Å²) in [5.41, 5.74) is 0.990. The van der Waals surface area contributed by atoms with Gasteiger partial charge in [-0.15, -0.1) is 0 Å². The zero-order valence-electron chi connectivity index (χ0n) is 15.0. The highest BCUT2D eigenvalue weighted by Gasteiger charge is 2.32. The zero-order chi connectivity index (χ0) is 18.6. The summed E-state index contributed by atoms with van der Waals surface area (Å²) < 4.78 is 31.6. The van der Waals surface area contributed by atoms with E-state index in [0.29, 0.717) is 5.76 Å². The van der Waals surface area contributed by atoms with Crippen molar-refractivity contribution in [2.45, 2.75) is 49.2 Å². The highest BCUT2D eigenvalue weighted by Crippen LogP contribution is 2.30. The van der Waals surface area contributed by atoms with Crippen molar-refractivity contribution in [2.75, 3.05) is 6.54 Å². The third kappa shape index (κ3) is 4.18. The Morgan fingerprint density at radius 2 is 1.85 bits per heavy atom. The Kier molecular flexibility index (Phi) is 5.81. The molecule has 5 nitrogen and oxygen atoms in total. The molecule has 1 aromatic carbocycles. The Morgan fingerprint density at radius 3 is 2.46 bits per heavy atom. The van der Waals surface area contributed by atoms with Gasteiger partial charge in [0.05, 0.1) is 11.2 Å². The second kappa shape index (κ2) is 8.08. The minimum atomic E-state index is -3.68. The molecule has 0 aliphatic heterocycles. The maximum atomic E-state index is 13.1. The van der Waals surface area contributed by atoms with Gasteiger partial charge in [0.25, 0.3) is 0 Å². The molecule has 0 saturated heterocycles. The molecule has 0 radical (unpaired) electrons. The lowest BCUT2D eigenvalue weighted by Crippen LogP contribution is -2.36. The summed E-state index contributed by atoms with van der Waals surface area (Å²) in [5.74, 6) is 0.276. The summed E-state index contributed by atoms with van der Waals surface area (Å²) in [4.78, 5) is 12.7. The standard InChI is InChI=1S/C20H25NO4S/c1-15-9-11-17(12-10-15)26(23,24)19(18-8-5-13-25-18)14-21-20(22)16-6-3-2-4-7-16/h5,8-13,16,19H,2-4,6-7,14H2,1H3,(H,21,22)/t19-/m1/s1. The van der Waals surface area contributed by atoms with Crippen LogP contribution in [-0.4, -0.2) is 20.9 Å². The highest BCUT2D eigenvalue weighted by molar-refractivity contribution is 7.91. The molecule has 6 heteroatoms. The number of furan rings is 1. The molecule has 1 atom stereocenters. The fraction of sp³-hybridized carbons (Fsp3) is 0.450. The first-order valence-electron chi connectivity index (χ1n) is 9.10. The molecule has 1 N–H and O–H groups in total. The van der Waals surface area contributed by atoms with Gasteiger partial charge in [-0.1, -0.05) is 37.0 Å². The molecule has 0 unspecified atom stereocenters. The Morgan fingerprint density at radius 1 is 1.15 bits per heavy atom. The number of nitrogens with one attached hydrogen (secondary N) is 1. The minimum absolute atomic E-state index is 0.0110. The zero-order valence-corrected chi connectivity index (χ0v) is 15.8. The van der Waals surface area contributed by atoms with Crippen molar-refractivity contribution >= 4 is 15.7 Å². The van der Waals surface area contributed by atoms with Gasteiger partial charge in [0.15, 0.2) is 9.84 Å². The van der Waals surface area contributed by atoms with Crippen LogP contribution in [0.15, 0.2) is 52.0 Å². The summed E-state index contributed by atoms with van der Waals surface area (Å²) in [6.07, 6.45) is 6.49. The van der Waals surface area contributed by atoms with Crippen LogP contribution in [0.2, 0.25) is 0 Å². The maximum absolute atomic E-state index is 13.1. The van der Waals surface area contributed by atoms with Gasteiger partial charge < -0.3 is 9.73 Å². The monoisotopic (exact) mass is 375 g/mol. The van der Waals surface area contributed by atoms with Crippen LogP contribution in [0, 0.1) is 12.8 Å². The topological polar surface area (TPSA) is 76.4 Å². The molecule has 1 aliphatic carbocycles. The molecule has 1 heterocycles. The van der Waals surface area contributed by atoms with Gasteiger partial charge in [-0.3, -0.25) is 4.79 Å². The van der Waals surface area contributed by atoms with Crippen molar-refractivity contribution in [2.24, 2.45) is 5.92 Å². The molecule has 1 fully saturated rings. The molecular formula is C20H25NO4S. The fourth-order valence-corrected chi connectivity index (χ4v) is 5.02. The fourth-order valence-electron chi connectivity index (χ4n) is 3.43. The third-order valence-electron chi connectivity index (χ3n) is 5.02. The van der Waals surface area contributed by atoms with Gasteiger partial charge >= 0.3 is 0 Å². The summed E-state index contributed by atoms with van der Waals surface area (Å²) in [6.45, 7) is 1.92. The third-order valence-corrected chi connectivity index (χ3v) is 7.10. The van der Waals surface area contributed by atoms with Crippen LogP contribution in [-0.2, 0) is 14.6 Å². The number of sulfone groups is 1. The van der Waals surface area contributed by atoms with Crippen LogP contribution >= 0.6 is 0 Å². The van der Waals surface area contributed by atoms with Crippen LogP contribution in [0.3, 0.4) is 0 Å². The van der Waals surface area contributed by atoms with Crippen LogP contribution < -0.4 is 5.32 Å². The van der Waals surface area contributed by atoms with Crippen molar-refractivity contribution in [1.29, 1.82) is 0 Å². The van der Waals surface area contributed by atoms with Gasteiger partial charge in [-0.25, -0.2) is 8.42 Å². The molecular weight excluding hydrogens is 350 g/mol. The van der Waals surface area contributed by atoms with E-state index in [1.807, 2.05) is 6.92 Å². The predicted octanol–water partition coefficient (Wildman–Crippen LogP) is 3.80. The Bertz CT molecular complexity index is 819. The van der Waals surface area contributed by atoms with Gasteiger partial charge in [0, 0.05) is 12.5 Å². The highest BCUT2D eigenvalue weighted by atomic mass is 32.2. The van der Waals surface area contributed by atoms with E-state index in [1.165, 1.54) is 12.7 Å². The molecule has 3 rings (SSSR count). The van der Waals surface area contributed by atoms with Crippen molar-refractivity contribution in [3.8, 4) is 0 Å². The van der Waals surface area contributed by atoms with Crippen LogP contribution in [0.1, 0.15) is 48.7 Å². The van der Waals surface area contributed by atoms with Crippen molar-refractivity contribution in [3.05, 3.63) is 54.0 Å². The van der Waals surface area contributed by atoms with Crippen LogP contribution in [0.4, 0.5) is 0 Å². The molecule has 1 amide bonds. The number of hydrogen-bond acceptors (Lipinski definition) is 4. The molecule has 140 valence electrons. The molecule has 0 bridgehead atoms. The average molecular weight is 375 g/mol. The Balaban J connectivity index is 1.79. The van der Waals surface area contributed by atoms with E-state index in [1.54, 1.807) is 36.4 Å². The van der Waals surface area contributed by atoms with Crippen LogP contribution in [0.5, 0.6) is 0 Å². The maximum Gasteiger partial charge on any atom is 0.223 e. The quantitative estimate of drug-likeness (QED) is 0.833. The number of carbonyl (C=O) groups is 1. The molecule has 26 heavy (non-hydrogen) atoms. The van der Waals surface area contributed by atoms with E-state index in [0.717, 1.165) is 31.2 Å². The summed E-state index contributed by atoms with van der Waals surface area (Å²) >= 11 is 0. The number of aryl methyl sites for hydroxylation is 1. The summed E-state index contributed by atoms with van der Waals surface area (Å²) in [7, 11) is -3.68. The molecule has 1 saturated carbocycles. The van der Waals surface area contributed by atoms with Crippen molar-refractivity contribution in [3.63, 3.8) is 0 Å². The van der Waals surface area contributed by atoms with E-state index < -0.39 is 15.1 Å². The first-order valence-corrected chi connectivity index (χ1v) is 10.6. The van der Waals surface area contributed by atoms with Crippen LogP contribution in [0.25, 0.3) is 0 Å². The second-order valence-electron chi connectivity index (χ2n) is 6.94.